The molecule has 18 heavy (non-hydrogen) atoms. The molecule has 3 aliphatic rings. The van der Waals surface area contributed by atoms with Crippen molar-refractivity contribution >= 4 is 11.8 Å². The van der Waals surface area contributed by atoms with Gasteiger partial charge in [-0.2, -0.15) is 0 Å². The second-order valence-electron chi connectivity index (χ2n) is 5.99. The normalized spacial score (nSPS) is 36.5. The van der Waals surface area contributed by atoms with Gasteiger partial charge in [-0.05, 0) is 44.4 Å². The van der Waals surface area contributed by atoms with Crippen LogP contribution in [-0.2, 0) is 9.59 Å². The summed E-state index contributed by atoms with van der Waals surface area (Å²) in [5.41, 5.74) is -0.675. The number of rotatable bonds is 4. The van der Waals surface area contributed by atoms with E-state index in [1.165, 1.54) is 0 Å². The van der Waals surface area contributed by atoms with Crippen LogP contribution in [0.4, 0.5) is 0 Å². The molecule has 0 spiro atoms. The highest BCUT2D eigenvalue weighted by Gasteiger charge is 2.57. The van der Waals surface area contributed by atoms with E-state index in [9.17, 15) is 9.59 Å². The minimum absolute atomic E-state index is 0.0355. The van der Waals surface area contributed by atoms with E-state index in [1.54, 1.807) is 11.0 Å². The Morgan fingerprint density at radius 3 is 2.56 bits per heavy atom. The van der Waals surface area contributed by atoms with Crippen LogP contribution in [0.3, 0.4) is 0 Å². The van der Waals surface area contributed by atoms with Crippen molar-refractivity contribution in [2.75, 3.05) is 6.54 Å². The SMILES string of the molecule is C=CCN1C(=O)C(C)(C2CC2)NC(=O)C1C1CC1. The van der Waals surface area contributed by atoms with Crippen LogP contribution in [0, 0.1) is 11.8 Å². The fraction of sp³-hybridized carbons (Fsp3) is 0.714. The van der Waals surface area contributed by atoms with E-state index in [0.717, 1.165) is 25.7 Å². The zero-order chi connectivity index (χ0) is 12.9. The van der Waals surface area contributed by atoms with Gasteiger partial charge in [0.15, 0.2) is 0 Å². The third-order valence-electron chi connectivity index (χ3n) is 4.48. The summed E-state index contributed by atoms with van der Waals surface area (Å²) in [5, 5.41) is 3.00. The Balaban J connectivity index is 1.90. The van der Waals surface area contributed by atoms with Gasteiger partial charge < -0.3 is 10.2 Å². The van der Waals surface area contributed by atoms with Crippen LogP contribution in [-0.4, -0.2) is 34.8 Å². The number of nitrogens with one attached hydrogen (secondary N) is 1. The summed E-state index contributed by atoms with van der Waals surface area (Å²) in [6.45, 7) is 6.07. The molecule has 0 radical (unpaired) electrons. The molecule has 3 rings (SSSR count). The second kappa shape index (κ2) is 3.84. The van der Waals surface area contributed by atoms with Crippen LogP contribution < -0.4 is 5.32 Å². The number of hydrogen-bond donors (Lipinski definition) is 1. The number of carbonyl (C=O) groups excluding carboxylic acids is 2. The predicted molar refractivity (Wildman–Crippen MR) is 67.7 cm³/mol. The number of nitrogens with zero attached hydrogens (tertiary/aromatic N) is 1. The molecule has 98 valence electrons. The van der Waals surface area contributed by atoms with E-state index in [1.807, 2.05) is 6.92 Å². The Bertz CT molecular complexity index is 412. The van der Waals surface area contributed by atoms with Gasteiger partial charge in [-0.1, -0.05) is 6.08 Å². The summed E-state index contributed by atoms with van der Waals surface area (Å²) < 4.78 is 0. The maximum absolute atomic E-state index is 12.7. The maximum Gasteiger partial charge on any atom is 0.249 e. The first-order valence-corrected chi connectivity index (χ1v) is 6.82. The summed E-state index contributed by atoms with van der Waals surface area (Å²) in [6, 6.07) is -0.262. The number of amides is 2. The Labute approximate surface area is 107 Å². The van der Waals surface area contributed by atoms with Gasteiger partial charge in [0.05, 0.1) is 0 Å². The lowest BCUT2D eigenvalue weighted by Gasteiger charge is -2.44. The van der Waals surface area contributed by atoms with Crippen molar-refractivity contribution in [3.63, 3.8) is 0 Å². The molecular weight excluding hydrogens is 228 g/mol. The molecule has 0 aromatic heterocycles. The van der Waals surface area contributed by atoms with E-state index in [2.05, 4.69) is 11.9 Å². The highest BCUT2D eigenvalue weighted by Crippen LogP contribution is 2.45. The Kier molecular flexibility index (Phi) is 2.50. The molecule has 0 aromatic rings. The molecule has 1 N–H and O–H groups in total. The largest absolute Gasteiger partial charge is 0.340 e. The molecule has 2 amide bonds. The van der Waals surface area contributed by atoms with Gasteiger partial charge in [0.25, 0.3) is 0 Å². The monoisotopic (exact) mass is 248 g/mol. The third-order valence-corrected chi connectivity index (χ3v) is 4.48. The van der Waals surface area contributed by atoms with Crippen molar-refractivity contribution in [1.29, 1.82) is 0 Å². The first-order valence-electron chi connectivity index (χ1n) is 6.82. The molecule has 4 heteroatoms. The minimum atomic E-state index is -0.675. The van der Waals surface area contributed by atoms with Crippen molar-refractivity contribution in [2.24, 2.45) is 11.8 Å². The van der Waals surface area contributed by atoms with Gasteiger partial charge in [-0.15, -0.1) is 6.58 Å². The zero-order valence-corrected chi connectivity index (χ0v) is 10.8. The fourth-order valence-corrected chi connectivity index (χ4v) is 3.10. The summed E-state index contributed by atoms with van der Waals surface area (Å²) in [5.74, 6) is 0.800. The Morgan fingerprint density at radius 2 is 2.06 bits per heavy atom. The van der Waals surface area contributed by atoms with E-state index in [0.29, 0.717) is 18.4 Å². The van der Waals surface area contributed by atoms with Crippen LogP contribution in [0.1, 0.15) is 32.6 Å². The molecule has 1 heterocycles. The number of piperazine rings is 1. The molecule has 2 aliphatic carbocycles. The van der Waals surface area contributed by atoms with Gasteiger partial charge in [-0.3, -0.25) is 9.59 Å². The van der Waals surface area contributed by atoms with Crippen LogP contribution in [0.5, 0.6) is 0 Å². The smallest absolute Gasteiger partial charge is 0.249 e. The molecule has 2 saturated carbocycles. The minimum Gasteiger partial charge on any atom is -0.340 e. The average Bonchev–Trinajstić information content (AvgIpc) is 3.16. The quantitative estimate of drug-likeness (QED) is 0.757. The van der Waals surface area contributed by atoms with Crippen molar-refractivity contribution in [3.8, 4) is 0 Å². The molecule has 1 aliphatic heterocycles. The lowest BCUT2D eigenvalue weighted by molar-refractivity contribution is -0.155. The first kappa shape index (κ1) is 11.8. The number of hydrogen-bond acceptors (Lipinski definition) is 2. The van der Waals surface area contributed by atoms with Crippen LogP contribution in [0.15, 0.2) is 12.7 Å². The van der Waals surface area contributed by atoms with Gasteiger partial charge >= 0.3 is 0 Å². The molecule has 4 nitrogen and oxygen atoms in total. The van der Waals surface area contributed by atoms with E-state index in [4.69, 9.17) is 0 Å². The molecule has 1 saturated heterocycles. The summed E-state index contributed by atoms with van der Waals surface area (Å²) in [6.07, 6.45) is 5.91. The van der Waals surface area contributed by atoms with E-state index in [-0.39, 0.29) is 17.9 Å². The molecule has 3 fully saturated rings. The number of carbonyl (C=O) groups is 2. The Hall–Kier alpha value is -1.32. The van der Waals surface area contributed by atoms with Crippen molar-refractivity contribution < 1.29 is 9.59 Å². The highest BCUT2D eigenvalue weighted by molar-refractivity contribution is 6.00. The Morgan fingerprint density at radius 1 is 1.39 bits per heavy atom. The van der Waals surface area contributed by atoms with Crippen LogP contribution >= 0.6 is 0 Å². The van der Waals surface area contributed by atoms with Gasteiger partial charge in [0.2, 0.25) is 11.8 Å². The molecule has 2 atom stereocenters. The average molecular weight is 248 g/mol. The van der Waals surface area contributed by atoms with E-state index < -0.39 is 5.54 Å². The topological polar surface area (TPSA) is 49.4 Å². The first-order chi connectivity index (χ1) is 8.58. The highest BCUT2D eigenvalue weighted by atomic mass is 16.2. The lowest BCUT2D eigenvalue weighted by Crippen LogP contribution is -2.70. The molecule has 0 aromatic carbocycles. The van der Waals surface area contributed by atoms with Crippen molar-refractivity contribution in [3.05, 3.63) is 12.7 Å². The van der Waals surface area contributed by atoms with Crippen LogP contribution in [0.2, 0.25) is 0 Å². The summed E-state index contributed by atoms with van der Waals surface area (Å²) >= 11 is 0. The van der Waals surface area contributed by atoms with Gasteiger partial charge in [-0.25, -0.2) is 0 Å². The van der Waals surface area contributed by atoms with Crippen LogP contribution in [0.25, 0.3) is 0 Å². The standard InChI is InChI=1S/C14H20N2O2/c1-3-8-16-11(9-4-5-9)12(17)15-14(2,13(16)18)10-6-7-10/h3,9-11H,1,4-8H2,2H3,(H,15,17). The van der Waals surface area contributed by atoms with Crippen molar-refractivity contribution in [2.45, 2.75) is 44.2 Å². The van der Waals surface area contributed by atoms with E-state index >= 15 is 0 Å². The molecule has 2 unspecified atom stereocenters. The molecule has 0 bridgehead atoms. The summed E-state index contributed by atoms with van der Waals surface area (Å²) in [4.78, 5) is 26.7. The van der Waals surface area contributed by atoms with Gasteiger partial charge in [0.1, 0.15) is 11.6 Å². The summed E-state index contributed by atoms with van der Waals surface area (Å²) in [7, 11) is 0. The fourth-order valence-electron chi connectivity index (χ4n) is 3.10. The maximum atomic E-state index is 12.7. The zero-order valence-electron chi connectivity index (χ0n) is 10.8. The second-order valence-corrected chi connectivity index (χ2v) is 5.99. The van der Waals surface area contributed by atoms with Gasteiger partial charge in [0, 0.05) is 6.54 Å². The molecular formula is C14H20N2O2. The predicted octanol–water partition coefficient (Wildman–Crippen LogP) is 1.08. The third kappa shape index (κ3) is 1.66. The lowest BCUT2D eigenvalue weighted by atomic mass is 9.88. The van der Waals surface area contributed by atoms with Crippen molar-refractivity contribution in [1.82, 2.24) is 10.2 Å².